The van der Waals surface area contributed by atoms with Gasteiger partial charge in [-0.1, -0.05) is 6.07 Å². The van der Waals surface area contributed by atoms with E-state index in [2.05, 4.69) is 0 Å². The van der Waals surface area contributed by atoms with Crippen LogP contribution in [-0.2, 0) is 16.6 Å². The number of carboxylic acid groups (broad SMARTS) is 1. The molecule has 0 bridgehead atoms. The van der Waals surface area contributed by atoms with Crippen LogP contribution in [0.2, 0.25) is 0 Å². The second-order valence-corrected chi connectivity index (χ2v) is 9.70. The number of carboxylic acids is 1. The molecular formula is C24H20F3NO6S. The Morgan fingerprint density at radius 2 is 1.77 bits per heavy atom. The van der Waals surface area contributed by atoms with Gasteiger partial charge in [0.25, 0.3) is 10.0 Å². The average Bonchev–Trinajstić information content (AvgIpc) is 3.65. The molecule has 11 heteroatoms. The zero-order valence-electron chi connectivity index (χ0n) is 18.3. The van der Waals surface area contributed by atoms with Gasteiger partial charge in [-0.25, -0.2) is 26.4 Å². The molecule has 1 aliphatic rings. The van der Waals surface area contributed by atoms with Crippen LogP contribution < -0.4 is 9.46 Å². The molecular weight excluding hydrogens is 487 g/mol. The molecule has 0 saturated heterocycles. The Morgan fingerprint density at radius 1 is 1.06 bits per heavy atom. The van der Waals surface area contributed by atoms with Gasteiger partial charge in [0, 0.05) is 11.6 Å². The van der Waals surface area contributed by atoms with Gasteiger partial charge in [0.2, 0.25) is 0 Å². The number of anilines is 1. The van der Waals surface area contributed by atoms with Crippen molar-refractivity contribution in [1.82, 2.24) is 0 Å². The van der Waals surface area contributed by atoms with Crippen LogP contribution in [0.15, 0.2) is 47.4 Å². The van der Waals surface area contributed by atoms with Crippen molar-refractivity contribution >= 4 is 21.7 Å². The first-order chi connectivity index (χ1) is 16.6. The number of hydrogen-bond acceptors (Lipinski definition) is 5. The van der Waals surface area contributed by atoms with Gasteiger partial charge in [-0.2, -0.15) is 0 Å². The topological polar surface area (TPSA) is 113 Å². The number of aliphatic hydroxyl groups is 1. The van der Waals surface area contributed by atoms with Crippen LogP contribution in [-0.4, -0.2) is 31.7 Å². The van der Waals surface area contributed by atoms with E-state index in [4.69, 9.17) is 4.74 Å². The molecule has 184 valence electrons. The summed E-state index contributed by atoms with van der Waals surface area (Å²) in [7, 11) is -3.39. The van der Waals surface area contributed by atoms with Crippen LogP contribution >= 0.6 is 0 Å². The van der Waals surface area contributed by atoms with E-state index in [-0.39, 0.29) is 33.9 Å². The minimum atomic E-state index is -4.62. The lowest BCUT2D eigenvalue weighted by Crippen LogP contribution is -2.17. The molecule has 1 aliphatic carbocycles. The summed E-state index contributed by atoms with van der Waals surface area (Å²) in [5.74, 6) is -4.60. The monoisotopic (exact) mass is 507 g/mol. The SMILES string of the molecule is COc1c(C2CC2)cc(C(=O)O)cc1S(=O)(=O)Nc1cc(-c2cc(F)ccc2CO)c(F)cc1F. The zero-order chi connectivity index (χ0) is 25.5. The highest BCUT2D eigenvalue weighted by molar-refractivity contribution is 7.92. The Hall–Kier alpha value is -3.57. The van der Waals surface area contributed by atoms with Gasteiger partial charge in [0.1, 0.15) is 28.1 Å². The van der Waals surface area contributed by atoms with Gasteiger partial charge in [-0.15, -0.1) is 0 Å². The molecule has 35 heavy (non-hydrogen) atoms. The Morgan fingerprint density at radius 3 is 2.37 bits per heavy atom. The van der Waals surface area contributed by atoms with Gasteiger partial charge >= 0.3 is 5.97 Å². The maximum Gasteiger partial charge on any atom is 0.335 e. The van der Waals surface area contributed by atoms with Crippen molar-refractivity contribution < 1.29 is 41.3 Å². The predicted octanol–water partition coefficient (Wildman–Crippen LogP) is 4.65. The van der Waals surface area contributed by atoms with E-state index in [0.717, 1.165) is 37.1 Å². The van der Waals surface area contributed by atoms with Crippen LogP contribution in [0.25, 0.3) is 11.1 Å². The number of benzene rings is 3. The fourth-order valence-corrected chi connectivity index (χ4v) is 5.12. The van der Waals surface area contributed by atoms with Crippen molar-refractivity contribution in [3.8, 4) is 16.9 Å². The lowest BCUT2D eigenvalue weighted by Gasteiger charge is -2.17. The van der Waals surface area contributed by atoms with Crippen molar-refractivity contribution in [2.45, 2.75) is 30.3 Å². The van der Waals surface area contributed by atoms with E-state index < -0.39 is 50.6 Å². The fraction of sp³-hybridized carbons (Fsp3) is 0.208. The first kappa shape index (κ1) is 24.6. The van der Waals surface area contributed by atoms with E-state index in [1.165, 1.54) is 19.2 Å². The van der Waals surface area contributed by atoms with Crippen LogP contribution in [0.1, 0.15) is 40.2 Å². The molecule has 0 atom stereocenters. The van der Waals surface area contributed by atoms with E-state index in [1.807, 2.05) is 4.72 Å². The number of carbonyl (C=O) groups is 1. The molecule has 7 nitrogen and oxygen atoms in total. The number of aromatic carboxylic acids is 1. The molecule has 0 unspecified atom stereocenters. The summed E-state index contributed by atoms with van der Waals surface area (Å²) >= 11 is 0. The van der Waals surface area contributed by atoms with E-state index in [9.17, 15) is 36.6 Å². The normalized spacial score (nSPS) is 13.5. The van der Waals surface area contributed by atoms with Crippen molar-refractivity contribution in [2.24, 2.45) is 0 Å². The molecule has 0 aliphatic heterocycles. The molecule has 3 aromatic rings. The lowest BCUT2D eigenvalue weighted by atomic mass is 9.98. The van der Waals surface area contributed by atoms with Crippen LogP contribution in [0.4, 0.5) is 18.9 Å². The summed E-state index contributed by atoms with van der Waals surface area (Å²) in [6.07, 6.45) is 1.45. The fourth-order valence-electron chi connectivity index (χ4n) is 3.83. The summed E-state index contributed by atoms with van der Waals surface area (Å²) in [5.41, 5.74) is -0.855. The largest absolute Gasteiger partial charge is 0.495 e. The molecule has 3 N–H and O–H groups in total. The number of sulfonamides is 1. The standard InChI is InChI=1S/C24H20F3NO6S/c1-34-23-17(12-2-3-12)6-14(24(30)31)7-22(23)35(32,33)28-21-9-18(19(26)10-20(21)27)16-8-15(25)5-4-13(16)11-29/h4-10,12,28-29H,2-3,11H2,1H3,(H,30,31). The third kappa shape index (κ3) is 4.82. The first-order valence-electron chi connectivity index (χ1n) is 10.4. The highest BCUT2D eigenvalue weighted by Crippen LogP contribution is 2.47. The Bertz CT molecular complexity index is 1440. The lowest BCUT2D eigenvalue weighted by molar-refractivity contribution is 0.0696. The minimum absolute atomic E-state index is 0.0690. The molecule has 0 amide bonds. The van der Waals surface area contributed by atoms with Crippen LogP contribution in [0.5, 0.6) is 5.75 Å². The van der Waals surface area contributed by atoms with Gasteiger partial charge < -0.3 is 14.9 Å². The Kier molecular flexibility index (Phi) is 6.48. The molecule has 4 rings (SSSR count). The number of methoxy groups -OCH3 is 1. The second kappa shape index (κ2) is 9.23. The summed E-state index contributed by atoms with van der Waals surface area (Å²) in [5, 5.41) is 19.0. The summed E-state index contributed by atoms with van der Waals surface area (Å²) < 4.78 is 76.9. The van der Waals surface area contributed by atoms with Gasteiger partial charge in [0.05, 0.1) is 25.0 Å². The molecule has 1 fully saturated rings. The molecule has 3 aromatic carbocycles. The van der Waals surface area contributed by atoms with Crippen molar-refractivity contribution in [3.05, 3.63) is 76.6 Å². The van der Waals surface area contributed by atoms with Crippen molar-refractivity contribution in [2.75, 3.05) is 11.8 Å². The van der Waals surface area contributed by atoms with E-state index in [1.54, 1.807) is 0 Å². The Labute approximate surface area is 198 Å². The highest BCUT2D eigenvalue weighted by atomic mass is 32.2. The summed E-state index contributed by atoms with van der Waals surface area (Å²) in [6, 6.07) is 6.72. The summed E-state index contributed by atoms with van der Waals surface area (Å²) in [6.45, 7) is -0.573. The van der Waals surface area contributed by atoms with E-state index in [0.29, 0.717) is 11.6 Å². The Balaban J connectivity index is 1.84. The number of hydrogen-bond donors (Lipinski definition) is 3. The predicted molar refractivity (Wildman–Crippen MR) is 120 cm³/mol. The number of rotatable bonds is 8. The average molecular weight is 507 g/mol. The molecule has 0 radical (unpaired) electrons. The smallest absolute Gasteiger partial charge is 0.335 e. The molecule has 0 heterocycles. The number of aliphatic hydroxyl groups excluding tert-OH is 1. The van der Waals surface area contributed by atoms with Crippen LogP contribution in [0.3, 0.4) is 0 Å². The molecule has 1 saturated carbocycles. The number of halogens is 3. The third-order valence-electron chi connectivity index (χ3n) is 5.67. The van der Waals surface area contributed by atoms with Crippen LogP contribution in [0, 0.1) is 17.5 Å². The maximum absolute atomic E-state index is 14.6. The maximum atomic E-state index is 14.6. The van der Waals surface area contributed by atoms with Crippen molar-refractivity contribution in [1.29, 1.82) is 0 Å². The number of ether oxygens (including phenoxy) is 1. The second-order valence-electron chi connectivity index (χ2n) is 8.05. The first-order valence-corrected chi connectivity index (χ1v) is 11.9. The molecule has 0 spiro atoms. The highest BCUT2D eigenvalue weighted by Gasteiger charge is 2.33. The van der Waals surface area contributed by atoms with E-state index >= 15 is 0 Å². The summed E-state index contributed by atoms with van der Waals surface area (Å²) in [4.78, 5) is 11.1. The van der Waals surface area contributed by atoms with Gasteiger partial charge in [-0.3, -0.25) is 4.72 Å². The van der Waals surface area contributed by atoms with Gasteiger partial charge in [-0.05, 0) is 65.8 Å². The zero-order valence-corrected chi connectivity index (χ0v) is 19.1. The van der Waals surface area contributed by atoms with Crippen molar-refractivity contribution in [3.63, 3.8) is 0 Å². The minimum Gasteiger partial charge on any atom is -0.495 e. The quantitative estimate of drug-likeness (QED) is 0.409. The van der Waals surface area contributed by atoms with Gasteiger partial charge in [0.15, 0.2) is 0 Å². The third-order valence-corrected chi connectivity index (χ3v) is 7.05. The molecule has 0 aromatic heterocycles. The number of nitrogens with one attached hydrogen (secondary N) is 1.